The van der Waals surface area contributed by atoms with Crippen LogP contribution in [-0.2, 0) is 4.74 Å². The van der Waals surface area contributed by atoms with Gasteiger partial charge in [0.05, 0.1) is 5.60 Å². The van der Waals surface area contributed by atoms with Gasteiger partial charge in [0, 0.05) is 45.7 Å². The molecule has 0 radical (unpaired) electrons. The number of aliphatic hydroxyl groups is 1. The van der Waals surface area contributed by atoms with Gasteiger partial charge in [0.25, 0.3) is 0 Å². The van der Waals surface area contributed by atoms with E-state index in [0.717, 1.165) is 38.9 Å². The molecule has 0 aromatic heterocycles. The van der Waals surface area contributed by atoms with E-state index < -0.39 is 5.60 Å². The third kappa shape index (κ3) is 4.84. The van der Waals surface area contributed by atoms with Gasteiger partial charge in [-0.05, 0) is 25.9 Å². The summed E-state index contributed by atoms with van der Waals surface area (Å²) in [5.74, 6) is 0. The Morgan fingerprint density at radius 3 is 2.50 bits per heavy atom. The van der Waals surface area contributed by atoms with Crippen molar-refractivity contribution in [3.05, 3.63) is 0 Å². The molecule has 0 aliphatic carbocycles. The molecule has 1 aliphatic heterocycles. The van der Waals surface area contributed by atoms with Crippen LogP contribution in [0.1, 0.15) is 33.1 Å². The van der Waals surface area contributed by atoms with E-state index in [1.807, 2.05) is 7.05 Å². The second kappa shape index (κ2) is 6.85. The summed E-state index contributed by atoms with van der Waals surface area (Å²) in [5.41, 5.74) is -0.285. The third-order valence-corrected chi connectivity index (χ3v) is 4.10. The monoisotopic (exact) mass is 258 g/mol. The maximum Gasteiger partial charge on any atom is 0.0817 e. The maximum atomic E-state index is 10.5. The summed E-state index contributed by atoms with van der Waals surface area (Å²) in [5, 5.41) is 13.8. The van der Waals surface area contributed by atoms with Crippen molar-refractivity contribution in [3.8, 4) is 0 Å². The number of likely N-dealkylation sites (N-methyl/N-ethyl adjacent to an activating group) is 1. The zero-order valence-electron chi connectivity index (χ0n) is 12.5. The van der Waals surface area contributed by atoms with E-state index in [1.165, 1.54) is 0 Å². The van der Waals surface area contributed by atoms with E-state index in [9.17, 15) is 5.11 Å². The highest BCUT2D eigenvalue weighted by Crippen LogP contribution is 2.25. The molecule has 4 heteroatoms. The lowest BCUT2D eigenvalue weighted by atomic mass is 9.86. The third-order valence-electron chi connectivity index (χ3n) is 4.10. The summed E-state index contributed by atoms with van der Waals surface area (Å²) in [7, 11) is 4.11. The summed E-state index contributed by atoms with van der Waals surface area (Å²) >= 11 is 0. The van der Waals surface area contributed by atoms with Crippen LogP contribution in [0.3, 0.4) is 0 Å². The predicted molar refractivity (Wildman–Crippen MR) is 74.8 cm³/mol. The minimum absolute atomic E-state index is 0.269. The normalized spacial score (nSPS) is 23.0. The Balaban J connectivity index is 2.46. The van der Waals surface area contributed by atoms with Crippen molar-refractivity contribution in [2.45, 2.75) is 38.7 Å². The van der Waals surface area contributed by atoms with E-state index in [2.05, 4.69) is 31.1 Å². The van der Waals surface area contributed by atoms with Crippen LogP contribution in [0.25, 0.3) is 0 Å². The smallest absolute Gasteiger partial charge is 0.0817 e. The Labute approximate surface area is 112 Å². The van der Waals surface area contributed by atoms with E-state index in [4.69, 9.17) is 4.74 Å². The van der Waals surface area contributed by atoms with Crippen molar-refractivity contribution in [3.63, 3.8) is 0 Å². The largest absolute Gasteiger partial charge is 0.388 e. The molecule has 0 aromatic rings. The summed E-state index contributed by atoms with van der Waals surface area (Å²) in [6.45, 7) is 8.67. The SMILES string of the molecule is CCC(C)(CNC)CN(C)CC1(O)CCOCC1. The number of nitrogens with one attached hydrogen (secondary N) is 1. The van der Waals surface area contributed by atoms with Crippen molar-refractivity contribution >= 4 is 0 Å². The first kappa shape index (κ1) is 15.9. The molecule has 1 heterocycles. The maximum absolute atomic E-state index is 10.5. The van der Waals surface area contributed by atoms with Crippen LogP contribution in [-0.4, -0.2) is 62.6 Å². The highest BCUT2D eigenvalue weighted by atomic mass is 16.5. The van der Waals surface area contributed by atoms with Gasteiger partial charge in [0.15, 0.2) is 0 Å². The lowest BCUT2D eigenvalue weighted by Gasteiger charge is -2.39. The van der Waals surface area contributed by atoms with Crippen LogP contribution >= 0.6 is 0 Å². The first-order valence-corrected chi connectivity index (χ1v) is 7.06. The van der Waals surface area contributed by atoms with Crippen molar-refractivity contribution in [2.75, 3.05) is 46.9 Å². The van der Waals surface area contributed by atoms with E-state index in [-0.39, 0.29) is 5.41 Å². The van der Waals surface area contributed by atoms with Gasteiger partial charge in [-0.15, -0.1) is 0 Å². The minimum atomic E-state index is -0.554. The number of hydrogen-bond donors (Lipinski definition) is 2. The van der Waals surface area contributed by atoms with Gasteiger partial charge < -0.3 is 20.1 Å². The van der Waals surface area contributed by atoms with Crippen LogP contribution < -0.4 is 5.32 Å². The van der Waals surface area contributed by atoms with Gasteiger partial charge in [0.2, 0.25) is 0 Å². The van der Waals surface area contributed by atoms with Crippen LogP contribution in [0.2, 0.25) is 0 Å². The minimum Gasteiger partial charge on any atom is -0.388 e. The second-order valence-electron chi connectivity index (χ2n) is 6.20. The Bertz CT molecular complexity index is 230. The first-order valence-electron chi connectivity index (χ1n) is 7.06. The zero-order chi connectivity index (χ0) is 13.6. The average Bonchev–Trinajstić information content (AvgIpc) is 2.29. The molecule has 0 saturated carbocycles. The Hall–Kier alpha value is -0.160. The molecule has 0 bridgehead atoms. The number of nitrogens with zero attached hydrogens (tertiary/aromatic N) is 1. The van der Waals surface area contributed by atoms with Gasteiger partial charge in [0.1, 0.15) is 0 Å². The summed E-state index contributed by atoms with van der Waals surface area (Å²) < 4.78 is 5.32. The zero-order valence-corrected chi connectivity index (χ0v) is 12.5. The molecule has 1 rings (SSSR count). The lowest BCUT2D eigenvalue weighted by Crippen LogP contribution is -2.49. The molecule has 2 N–H and O–H groups in total. The lowest BCUT2D eigenvalue weighted by molar-refractivity contribution is -0.0799. The molecule has 1 atom stereocenters. The van der Waals surface area contributed by atoms with E-state index in [1.54, 1.807) is 0 Å². The molecule has 1 aliphatic rings. The number of rotatable bonds is 7. The first-order chi connectivity index (χ1) is 8.43. The van der Waals surface area contributed by atoms with Crippen molar-refractivity contribution in [2.24, 2.45) is 5.41 Å². The highest BCUT2D eigenvalue weighted by Gasteiger charge is 2.33. The van der Waals surface area contributed by atoms with Gasteiger partial charge in [-0.2, -0.15) is 0 Å². The van der Waals surface area contributed by atoms with E-state index in [0.29, 0.717) is 13.2 Å². The molecule has 0 amide bonds. The Morgan fingerprint density at radius 2 is 2.00 bits per heavy atom. The molecule has 0 aromatic carbocycles. The molecule has 1 fully saturated rings. The van der Waals surface area contributed by atoms with Crippen molar-refractivity contribution in [1.29, 1.82) is 0 Å². The fourth-order valence-corrected chi connectivity index (χ4v) is 2.84. The fourth-order valence-electron chi connectivity index (χ4n) is 2.84. The topological polar surface area (TPSA) is 44.7 Å². The molecule has 18 heavy (non-hydrogen) atoms. The molecule has 4 nitrogen and oxygen atoms in total. The van der Waals surface area contributed by atoms with Gasteiger partial charge in [-0.1, -0.05) is 13.8 Å². The Morgan fingerprint density at radius 1 is 1.39 bits per heavy atom. The average molecular weight is 258 g/mol. The van der Waals surface area contributed by atoms with Crippen LogP contribution in [0.15, 0.2) is 0 Å². The molecule has 0 spiro atoms. The summed E-state index contributed by atoms with van der Waals surface area (Å²) in [4.78, 5) is 2.27. The Kier molecular flexibility index (Phi) is 6.05. The predicted octanol–water partition coefficient (Wildman–Crippen LogP) is 1.10. The van der Waals surface area contributed by atoms with Crippen LogP contribution in [0, 0.1) is 5.41 Å². The molecule has 108 valence electrons. The van der Waals surface area contributed by atoms with Crippen molar-refractivity contribution in [1.82, 2.24) is 10.2 Å². The quantitative estimate of drug-likeness (QED) is 0.718. The fraction of sp³-hybridized carbons (Fsp3) is 1.00. The molecule has 1 unspecified atom stereocenters. The van der Waals surface area contributed by atoms with Gasteiger partial charge >= 0.3 is 0 Å². The van der Waals surface area contributed by atoms with Gasteiger partial charge in [-0.3, -0.25) is 0 Å². The molecule has 1 saturated heterocycles. The number of ether oxygens (including phenoxy) is 1. The van der Waals surface area contributed by atoms with Crippen LogP contribution in [0.5, 0.6) is 0 Å². The van der Waals surface area contributed by atoms with Crippen LogP contribution in [0.4, 0.5) is 0 Å². The van der Waals surface area contributed by atoms with Crippen molar-refractivity contribution < 1.29 is 9.84 Å². The summed E-state index contributed by atoms with van der Waals surface area (Å²) in [6, 6.07) is 0. The summed E-state index contributed by atoms with van der Waals surface area (Å²) in [6.07, 6.45) is 2.65. The van der Waals surface area contributed by atoms with Gasteiger partial charge in [-0.25, -0.2) is 0 Å². The molecular weight excluding hydrogens is 228 g/mol. The molecular formula is C14H30N2O2. The van der Waals surface area contributed by atoms with E-state index >= 15 is 0 Å². The standard InChI is InChI=1S/C14H30N2O2/c1-5-13(2,10-15-3)11-16(4)12-14(17)6-8-18-9-7-14/h15,17H,5-12H2,1-4H3. The number of hydrogen-bond acceptors (Lipinski definition) is 4. The highest BCUT2D eigenvalue weighted by molar-refractivity contribution is 4.86. The second-order valence-corrected chi connectivity index (χ2v) is 6.20.